The van der Waals surface area contributed by atoms with Crippen LogP contribution in [0, 0.1) is 23.1 Å². The van der Waals surface area contributed by atoms with Gasteiger partial charge >= 0.3 is 0 Å². The zero-order valence-electron chi connectivity index (χ0n) is 13.6. The summed E-state index contributed by atoms with van der Waals surface area (Å²) < 4.78 is 14.2. The lowest BCUT2D eigenvalue weighted by atomic mass is 9.69. The van der Waals surface area contributed by atoms with Gasteiger partial charge in [-0.25, -0.2) is 4.39 Å². The lowest BCUT2D eigenvalue weighted by Crippen LogP contribution is -2.44. The van der Waals surface area contributed by atoms with Crippen LogP contribution in [0.5, 0.6) is 0 Å². The number of benzene rings is 1. The molecule has 0 aliphatic carbocycles. The van der Waals surface area contributed by atoms with Gasteiger partial charge in [0.1, 0.15) is 5.82 Å². The fourth-order valence-corrected chi connectivity index (χ4v) is 3.32. The van der Waals surface area contributed by atoms with E-state index in [1.54, 1.807) is 12.1 Å². The minimum Gasteiger partial charge on any atom is -0.314 e. The summed E-state index contributed by atoms with van der Waals surface area (Å²) in [6.45, 7) is 9.18. The van der Waals surface area contributed by atoms with Gasteiger partial charge in [0.25, 0.3) is 0 Å². The molecule has 1 heterocycles. The highest BCUT2D eigenvalue weighted by atomic mass is 19.1. The van der Waals surface area contributed by atoms with Gasteiger partial charge < -0.3 is 10.2 Å². The highest BCUT2D eigenvalue weighted by Crippen LogP contribution is 2.37. The second kappa shape index (κ2) is 7.71. The number of nitrogens with one attached hydrogen (secondary N) is 1. The number of piperazine rings is 1. The van der Waals surface area contributed by atoms with Gasteiger partial charge in [-0.3, -0.25) is 0 Å². The first-order chi connectivity index (χ1) is 10.6. The molecule has 1 aliphatic rings. The Morgan fingerprint density at radius 3 is 2.59 bits per heavy atom. The predicted octanol–water partition coefficient (Wildman–Crippen LogP) is 2.93. The SMILES string of the molecule is CC(C)C(C#N)(CCCN1CCNCC1)c1ccccc1F. The normalized spacial score (nSPS) is 18.9. The summed E-state index contributed by atoms with van der Waals surface area (Å²) in [5.74, 6) is -0.183. The molecule has 0 amide bonds. The van der Waals surface area contributed by atoms with Crippen LogP contribution in [0.2, 0.25) is 0 Å². The molecular formula is C18H26FN3. The van der Waals surface area contributed by atoms with Crippen molar-refractivity contribution in [3.63, 3.8) is 0 Å². The van der Waals surface area contributed by atoms with E-state index in [4.69, 9.17) is 0 Å². The average Bonchev–Trinajstić information content (AvgIpc) is 2.53. The topological polar surface area (TPSA) is 39.1 Å². The van der Waals surface area contributed by atoms with E-state index >= 15 is 0 Å². The minimum atomic E-state index is -0.737. The van der Waals surface area contributed by atoms with E-state index in [1.807, 2.05) is 19.9 Å². The molecule has 1 N–H and O–H groups in total. The van der Waals surface area contributed by atoms with Crippen LogP contribution in [0.4, 0.5) is 4.39 Å². The fraction of sp³-hybridized carbons (Fsp3) is 0.611. The van der Waals surface area contributed by atoms with E-state index in [0.717, 1.165) is 39.1 Å². The maximum atomic E-state index is 14.2. The van der Waals surface area contributed by atoms with Gasteiger partial charge in [0.05, 0.1) is 11.5 Å². The molecule has 22 heavy (non-hydrogen) atoms. The van der Waals surface area contributed by atoms with Gasteiger partial charge in [0.15, 0.2) is 0 Å². The molecule has 0 saturated carbocycles. The van der Waals surface area contributed by atoms with E-state index in [-0.39, 0.29) is 11.7 Å². The summed E-state index contributed by atoms with van der Waals surface area (Å²) in [6, 6.07) is 9.17. The molecule has 1 aliphatic heterocycles. The summed E-state index contributed by atoms with van der Waals surface area (Å²) in [7, 11) is 0. The van der Waals surface area contributed by atoms with Crippen molar-refractivity contribution >= 4 is 0 Å². The lowest BCUT2D eigenvalue weighted by molar-refractivity contribution is 0.224. The van der Waals surface area contributed by atoms with Crippen LogP contribution < -0.4 is 5.32 Å². The molecule has 3 nitrogen and oxygen atoms in total. The van der Waals surface area contributed by atoms with Crippen LogP contribution in [0.15, 0.2) is 24.3 Å². The molecule has 1 aromatic carbocycles. The molecule has 0 aromatic heterocycles. The van der Waals surface area contributed by atoms with Crippen LogP contribution in [0.3, 0.4) is 0 Å². The van der Waals surface area contributed by atoms with Crippen LogP contribution in [0.1, 0.15) is 32.3 Å². The summed E-state index contributed by atoms with van der Waals surface area (Å²) in [5.41, 5.74) is -0.188. The first kappa shape index (κ1) is 16.9. The first-order valence-electron chi connectivity index (χ1n) is 8.19. The predicted molar refractivity (Wildman–Crippen MR) is 87.1 cm³/mol. The molecule has 120 valence electrons. The van der Waals surface area contributed by atoms with E-state index in [1.165, 1.54) is 6.07 Å². The van der Waals surface area contributed by atoms with E-state index in [2.05, 4.69) is 16.3 Å². The molecule has 1 unspecified atom stereocenters. The molecule has 0 radical (unpaired) electrons. The third kappa shape index (κ3) is 3.66. The molecule has 0 spiro atoms. The fourth-order valence-electron chi connectivity index (χ4n) is 3.32. The highest BCUT2D eigenvalue weighted by Gasteiger charge is 2.37. The maximum absolute atomic E-state index is 14.2. The molecule has 4 heteroatoms. The molecule has 2 rings (SSSR count). The van der Waals surface area contributed by atoms with E-state index < -0.39 is 5.41 Å². The Bertz CT molecular complexity index is 517. The third-order valence-electron chi connectivity index (χ3n) is 4.79. The Labute approximate surface area is 133 Å². The molecule has 1 aromatic rings. The van der Waals surface area contributed by atoms with Gasteiger partial charge in [-0.1, -0.05) is 32.0 Å². The highest BCUT2D eigenvalue weighted by molar-refractivity contribution is 5.34. The zero-order chi connectivity index (χ0) is 16.0. The Morgan fingerprint density at radius 2 is 2.00 bits per heavy atom. The van der Waals surface area contributed by atoms with Crippen molar-refractivity contribution in [1.82, 2.24) is 10.2 Å². The van der Waals surface area contributed by atoms with Crippen molar-refractivity contribution in [1.29, 1.82) is 5.26 Å². The summed E-state index contributed by atoms with van der Waals surface area (Å²) >= 11 is 0. The molecule has 1 atom stereocenters. The Balaban J connectivity index is 2.09. The number of hydrogen-bond acceptors (Lipinski definition) is 3. The molecular weight excluding hydrogens is 277 g/mol. The van der Waals surface area contributed by atoms with Crippen LogP contribution in [0.25, 0.3) is 0 Å². The Morgan fingerprint density at radius 1 is 1.32 bits per heavy atom. The zero-order valence-corrected chi connectivity index (χ0v) is 13.6. The van der Waals surface area contributed by atoms with Gasteiger partial charge in [-0.05, 0) is 31.4 Å². The van der Waals surface area contributed by atoms with E-state index in [0.29, 0.717) is 12.0 Å². The Hall–Kier alpha value is -1.44. The van der Waals surface area contributed by atoms with Crippen LogP contribution in [-0.2, 0) is 5.41 Å². The van der Waals surface area contributed by atoms with Crippen LogP contribution >= 0.6 is 0 Å². The first-order valence-corrected chi connectivity index (χ1v) is 8.19. The van der Waals surface area contributed by atoms with Crippen molar-refractivity contribution in [3.05, 3.63) is 35.6 Å². The minimum absolute atomic E-state index is 0.0809. The number of rotatable bonds is 6. The number of halogens is 1. The summed E-state index contributed by atoms with van der Waals surface area (Å²) in [4.78, 5) is 2.42. The van der Waals surface area contributed by atoms with Crippen molar-refractivity contribution in [2.45, 2.75) is 32.1 Å². The molecule has 0 bridgehead atoms. The lowest BCUT2D eigenvalue weighted by Gasteiger charge is -2.33. The average molecular weight is 303 g/mol. The van der Waals surface area contributed by atoms with E-state index in [9.17, 15) is 9.65 Å². The summed E-state index contributed by atoms with van der Waals surface area (Å²) in [6.07, 6.45) is 1.62. The van der Waals surface area contributed by atoms with Crippen molar-refractivity contribution in [2.24, 2.45) is 5.92 Å². The van der Waals surface area contributed by atoms with Crippen molar-refractivity contribution in [2.75, 3.05) is 32.7 Å². The number of hydrogen-bond donors (Lipinski definition) is 1. The smallest absolute Gasteiger partial charge is 0.128 e. The van der Waals surface area contributed by atoms with Gasteiger partial charge in [0, 0.05) is 31.7 Å². The molecule has 1 saturated heterocycles. The quantitative estimate of drug-likeness (QED) is 0.878. The number of nitrogens with zero attached hydrogens (tertiary/aromatic N) is 2. The van der Waals surface area contributed by atoms with Gasteiger partial charge in [0.2, 0.25) is 0 Å². The second-order valence-corrected chi connectivity index (χ2v) is 6.41. The second-order valence-electron chi connectivity index (χ2n) is 6.41. The van der Waals surface area contributed by atoms with Gasteiger partial charge in [-0.15, -0.1) is 0 Å². The largest absolute Gasteiger partial charge is 0.314 e. The van der Waals surface area contributed by atoms with Crippen molar-refractivity contribution < 1.29 is 4.39 Å². The standard InChI is InChI=1S/C18H26FN3/c1-15(2)18(14-20,16-6-3-4-7-17(16)19)8-5-11-22-12-9-21-10-13-22/h3-4,6-7,15,21H,5,8-13H2,1-2H3. The summed E-state index contributed by atoms with van der Waals surface area (Å²) in [5, 5.41) is 13.2. The maximum Gasteiger partial charge on any atom is 0.128 e. The molecule has 1 fully saturated rings. The van der Waals surface area contributed by atoms with Crippen molar-refractivity contribution in [3.8, 4) is 6.07 Å². The van der Waals surface area contributed by atoms with Crippen LogP contribution in [-0.4, -0.2) is 37.6 Å². The Kier molecular flexibility index (Phi) is 5.93. The third-order valence-corrected chi connectivity index (χ3v) is 4.79. The number of nitriles is 1. The monoisotopic (exact) mass is 303 g/mol. The van der Waals surface area contributed by atoms with Gasteiger partial charge in [-0.2, -0.15) is 5.26 Å².